The lowest BCUT2D eigenvalue weighted by atomic mass is 9.89. The minimum atomic E-state index is -0.140. The van der Waals surface area contributed by atoms with Gasteiger partial charge in [0.05, 0.1) is 37.2 Å². The molecule has 180 valence electrons. The molecule has 1 amide bonds. The number of carbonyl (C=O) groups is 1. The molecule has 0 saturated carbocycles. The van der Waals surface area contributed by atoms with Crippen LogP contribution in [-0.4, -0.2) is 59.5 Å². The monoisotopic (exact) mass is 519 g/mol. The third-order valence-electron chi connectivity index (χ3n) is 6.37. The average molecular weight is 520 g/mol. The van der Waals surface area contributed by atoms with E-state index in [0.29, 0.717) is 59.2 Å². The van der Waals surface area contributed by atoms with E-state index in [9.17, 15) is 9.59 Å². The Balaban J connectivity index is 1.62. The van der Waals surface area contributed by atoms with Gasteiger partial charge in [-0.15, -0.1) is 11.3 Å². The summed E-state index contributed by atoms with van der Waals surface area (Å²) in [6, 6.07) is 5.18. The Hall–Kier alpha value is -2.07. The molecule has 1 atom stereocenters. The van der Waals surface area contributed by atoms with E-state index in [2.05, 4.69) is 6.92 Å². The molecule has 1 fully saturated rings. The first-order valence-electron chi connectivity index (χ1n) is 11.4. The second kappa shape index (κ2) is 9.89. The van der Waals surface area contributed by atoms with Crippen LogP contribution in [0.5, 0.6) is 5.75 Å². The van der Waals surface area contributed by atoms with Crippen molar-refractivity contribution in [2.45, 2.75) is 31.3 Å². The van der Waals surface area contributed by atoms with Crippen molar-refractivity contribution in [1.82, 2.24) is 14.5 Å². The number of amides is 1. The molecule has 3 heterocycles. The average Bonchev–Trinajstić information content (AvgIpc) is 3.20. The van der Waals surface area contributed by atoms with Crippen LogP contribution in [0.2, 0.25) is 5.02 Å². The minimum absolute atomic E-state index is 0.00607. The molecule has 0 bridgehead atoms. The van der Waals surface area contributed by atoms with E-state index >= 15 is 0 Å². The SMILES string of the molecule is COc1ccc(Cl)cc1-n1c(SCC(=O)N2CCOCC2)nc2sc3c(c2c1=O)CC[C@H](C)C3. The zero-order valence-corrected chi connectivity index (χ0v) is 21.5. The topological polar surface area (TPSA) is 73.7 Å². The lowest BCUT2D eigenvalue weighted by molar-refractivity contribution is -0.132. The molecule has 7 nitrogen and oxygen atoms in total. The molecule has 2 aliphatic rings. The Morgan fingerprint density at radius 3 is 2.91 bits per heavy atom. The molecule has 0 unspecified atom stereocenters. The molecule has 0 N–H and O–H groups in total. The van der Waals surface area contributed by atoms with Gasteiger partial charge in [-0.1, -0.05) is 30.3 Å². The second-order valence-corrected chi connectivity index (χ2v) is 11.1. The molecule has 2 aromatic heterocycles. The van der Waals surface area contributed by atoms with Gasteiger partial charge in [-0.2, -0.15) is 0 Å². The summed E-state index contributed by atoms with van der Waals surface area (Å²) in [5.74, 6) is 1.30. The van der Waals surface area contributed by atoms with Gasteiger partial charge < -0.3 is 14.4 Å². The fraction of sp³-hybridized carbons (Fsp3) is 0.458. The van der Waals surface area contributed by atoms with Crippen molar-refractivity contribution in [3.63, 3.8) is 0 Å². The predicted octanol–water partition coefficient (Wildman–Crippen LogP) is 4.18. The standard InChI is InChI=1S/C24H26ClN3O4S2/c1-14-3-5-16-19(11-14)34-22-21(16)23(30)28(17-12-15(25)4-6-18(17)31-2)24(26-22)33-13-20(29)27-7-9-32-10-8-27/h4,6,12,14H,3,5,7-11,13H2,1-2H3/t14-/m0/s1. The highest BCUT2D eigenvalue weighted by atomic mass is 35.5. The molecule has 1 aromatic carbocycles. The van der Waals surface area contributed by atoms with E-state index in [0.717, 1.165) is 29.7 Å². The third kappa shape index (κ3) is 4.46. The number of aromatic nitrogens is 2. The number of rotatable bonds is 5. The van der Waals surface area contributed by atoms with Gasteiger partial charge in [-0.25, -0.2) is 4.98 Å². The van der Waals surface area contributed by atoms with Crippen molar-refractivity contribution < 1.29 is 14.3 Å². The van der Waals surface area contributed by atoms with Gasteiger partial charge in [0.25, 0.3) is 5.56 Å². The maximum Gasteiger partial charge on any atom is 0.267 e. The third-order valence-corrected chi connectivity index (χ3v) is 8.68. The van der Waals surface area contributed by atoms with Crippen LogP contribution in [0.3, 0.4) is 0 Å². The summed E-state index contributed by atoms with van der Waals surface area (Å²) in [4.78, 5) is 35.5. The summed E-state index contributed by atoms with van der Waals surface area (Å²) in [5, 5.41) is 1.63. The highest BCUT2D eigenvalue weighted by Crippen LogP contribution is 2.38. The van der Waals surface area contributed by atoms with E-state index in [-0.39, 0.29) is 17.2 Å². The lowest BCUT2D eigenvalue weighted by Crippen LogP contribution is -2.41. The Morgan fingerprint density at radius 2 is 2.15 bits per heavy atom. The van der Waals surface area contributed by atoms with Crippen LogP contribution >= 0.6 is 34.7 Å². The molecule has 10 heteroatoms. The molecule has 5 rings (SSSR count). The van der Waals surface area contributed by atoms with E-state index in [4.69, 9.17) is 26.1 Å². The van der Waals surface area contributed by atoms with E-state index in [1.54, 1.807) is 46.1 Å². The highest BCUT2D eigenvalue weighted by Gasteiger charge is 2.27. The number of ether oxygens (including phenoxy) is 2. The van der Waals surface area contributed by atoms with Crippen LogP contribution in [0.15, 0.2) is 28.2 Å². The van der Waals surface area contributed by atoms with Crippen molar-refractivity contribution >= 4 is 50.8 Å². The van der Waals surface area contributed by atoms with Crippen LogP contribution in [0.4, 0.5) is 0 Å². The number of halogens is 1. The molecular weight excluding hydrogens is 494 g/mol. The van der Waals surface area contributed by atoms with Crippen LogP contribution in [0, 0.1) is 5.92 Å². The molecule has 1 aliphatic heterocycles. The van der Waals surface area contributed by atoms with E-state index in [1.807, 2.05) is 0 Å². The van der Waals surface area contributed by atoms with Gasteiger partial charge in [0, 0.05) is 23.0 Å². The molecule has 3 aromatic rings. The van der Waals surface area contributed by atoms with Gasteiger partial charge >= 0.3 is 0 Å². The van der Waals surface area contributed by atoms with Crippen molar-refractivity contribution in [3.8, 4) is 11.4 Å². The first kappa shape index (κ1) is 23.7. The quantitative estimate of drug-likeness (QED) is 0.372. The fourth-order valence-electron chi connectivity index (χ4n) is 4.55. The second-order valence-electron chi connectivity index (χ2n) is 8.66. The number of hydrogen-bond donors (Lipinski definition) is 0. The predicted molar refractivity (Wildman–Crippen MR) is 136 cm³/mol. The Labute approximate surface area is 211 Å². The molecule has 0 spiro atoms. The number of aryl methyl sites for hydroxylation is 1. The lowest BCUT2D eigenvalue weighted by Gasteiger charge is -2.26. The molecule has 1 saturated heterocycles. The summed E-state index contributed by atoms with van der Waals surface area (Å²) in [6.07, 6.45) is 2.90. The maximum atomic E-state index is 14.0. The normalized spacial score (nSPS) is 18.2. The summed E-state index contributed by atoms with van der Waals surface area (Å²) in [5.41, 5.74) is 1.50. The summed E-state index contributed by atoms with van der Waals surface area (Å²) >= 11 is 9.19. The Morgan fingerprint density at radius 1 is 1.35 bits per heavy atom. The maximum absolute atomic E-state index is 14.0. The largest absolute Gasteiger partial charge is 0.495 e. The zero-order valence-electron chi connectivity index (χ0n) is 19.1. The number of morpholine rings is 1. The molecule has 1 aliphatic carbocycles. The number of methoxy groups -OCH3 is 1. The van der Waals surface area contributed by atoms with Gasteiger partial charge in [0.15, 0.2) is 5.16 Å². The minimum Gasteiger partial charge on any atom is -0.495 e. The Bertz CT molecular complexity index is 1300. The summed E-state index contributed by atoms with van der Waals surface area (Å²) < 4.78 is 12.5. The van der Waals surface area contributed by atoms with Crippen LogP contribution in [0.1, 0.15) is 23.8 Å². The number of thiophene rings is 1. The van der Waals surface area contributed by atoms with Crippen LogP contribution in [0.25, 0.3) is 15.9 Å². The van der Waals surface area contributed by atoms with Crippen molar-refractivity contribution in [1.29, 1.82) is 0 Å². The molecule has 34 heavy (non-hydrogen) atoms. The van der Waals surface area contributed by atoms with Crippen molar-refractivity contribution in [3.05, 3.63) is 44.0 Å². The van der Waals surface area contributed by atoms with Crippen LogP contribution in [-0.2, 0) is 22.4 Å². The van der Waals surface area contributed by atoms with Gasteiger partial charge in [0.1, 0.15) is 10.6 Å². The molecular formula is C24H26ClN3O4S2. The van der Waals surface area contributed by atoms with E-state index < -0.39 is 0 Å². The zero-order chi connectivity index (χ0) is 23.8. The number of benzene rings is 1. The fourth-order valence-corrected chi connectivity index (χ4v) is 7.05. The first-order valence-corrected chi connectivity index (χ1v) is 13.5. The summed E-state index contributed by atoms with van der Waals surface area (Å²) in [7, 11) is 1.56. The summed E-state index contributed by atoms with van der Waals surface area (Å²) in [6.45, 7) is 4.50. The van der Waals surface area contributed by atoms with Crippen molar-refractivity contribution in [2.75, 3.05) is 39.2 Å². The first-order chi connectivity index (χ1) is 16.5. The highest BCUT2D eigenvalue weighted by molar-refractivity contribution is 7.99. The number of carbonyl (C=O) groups excluding carboxylic acids is 1. The number of fused-ring (bicyclic) bond motifs is 3. The number of nitrogens with zero attached hydrogens (tertiary/aromatic N) is 3. The van der Waals surface area contributed by atoms with Crippen LogP contribution < -0.4 is 10.3 Å². The Kier molecular flexibility index (Phi) is 6.88. The van der Waals surface area contributed by atoms with Gasteiger partial charge in [0.2, 0.25) is 5.91 Å². The number of hydrogen-bond acceptors (Lipinski definition) is 7. The molecule has 0 radical (unpaired) electrons. The van der Waals surface area contributed by atoms with Crippen molar-refractivity contribution in [2.24, 2.45) is 5.92 Å². The van der Waals surface area contributed by atoms with E-state index in [1.165, 1.54) is 16.6 Å². The van der Waals surface area contributed by atoms with Gasteiger partial charge in [-0.05, 0) is 48.9 Å². The number of thioether (sulfide) groups is 1. The smallest absolute Gasteiger partial charge is 0.267 e. The van der Waals surface area contributed by atoms with Gasteiger partial charge in [-0.3, -0.25) is 14.2 Å².